The maximum absolute atomic E-state index is 12.6. The number of carboxylic acids is 1. The van der Waals surface area contributed by atoms with E-state index in [0.717, 1.165) is 0 Å². The van der Waals surface area contributed by atoms with E-state index in [1.165, 1.54) is 0 Å². The van der Waals surface area contributed by atoms with Crippen molar-refractivity contribution >= 4 is 11.7 Å². The Morgan fingerprint density at radius 2 is 2.00 bits per heavy atom. The van der Waals surface area contributed by atoms with Crippen LogP contribution >= 0.6 is 0 Å². The first-order valence-electron chi connectivity index (χ1n) is 4.49. The Morgan fingerprint density at radius 3 is 2.35 bits per heavy atom. The number of hydrogen-bond donors (Lipinski definition) is 1. The SMILES string of the molecule is O=C(O)c1cc([N+](=O)[O-])c(C(F)F)c(OC(F)(F)F)n1. The number of nitrogens with zero attached hydrogens (tertiary/aromatic N) is 2. The molecule has 0 aliphatic rings. The molecule has 0 spiro atoms. The molecule has 1 rings (SSSR count). The van der Waals surface area contributed by atoms with Crippen LogP contribution in [0.4, 0.5) is 27.6 Å². The first-order valence-corrected chi connectivity index (χ1v) is 4.49. The zero-order chi connectivity index (χ0) is 15.7. The molecule has 1 aromatic rings. The Balaban J connectivity index is 3.59. The molecule has 12 heteroatoms. The van der Waals surface area contributed by atoms with Gasteiger partial charge in [-0.2, -0.15) is 0 Å². The fraction of sp³-hybridized carbons (Fsp3) is 0.250. The summed E-state index contributed by atoms with van der Waals surface area (Å²) < 4.78 is 64.4. The van der Waals surface area contributed by atoms with E-state index >= 15 is 0 Å². The number of nitro groups is 1. The van der Waals surface area contributed by atoms with E-state index in [9.17, 15) is 36.9 Å². The molecule has 0 unspecified atom stereocenters. The average molecular weight is 302 g/mol. The summed E-state index contributed by atoms with van der Waals surface area (Å²) in [5, 5.41) is 19.1. The van der Waals surface area contributed by atoms with Crippen LogP contribution in [0.2, 0.25) is 0 Å². The molecule has 20 heavy (non-hydrogen) atoms. The van der Waals surface area contributed by atoms with E-state index in [1.54, 1.807) is 0 Å². The molecule has 0 saturated carbocycles. The highest BCUT2D eigenvalue weighted by atomic mass is 19.4. The van der Waals surface area contributed by atoms with Crippen LogP contribution in [0.3, 0.4) is 0 Å². The molecule has 0 aliphatic heterocycles. The van der Waals surface area contributed by atoms with Crippen molar-refractivity contribution in [3.05, 3.63) is 27.4 Å². The second kappa shape index (κ2) is 5.22. The lowest BCUT2D eigenvalue weighted by molar-refractivity contribution is -0.386. The topological polar surface area (TPSA) is 103 Å². The number of rotatable bonds is 4. The summed E-state index contributed by atoms with van der Waals surface area (Å²) in [6.45, 7) is 0. The summed E-state index contributed by atoms with van der Waals surface area (Å²) in [5.41, 5.74) is -4.52. The molecule has 0 amide bonds. The minimum Gasteiger partial charge on any atom is -0.477 e. The summed E-state index contributed by atoms with van der Waals surface area (Å²) in [6, 6.07) is 0.118. The van der Waals surface area contributed by atoms with Gasteiger partial charge in [-0.3, -0.25) is 10.1 Å². The highest BCUT2D eigenvalue weighted by Crippen LogP contribution is 2.38. The molecule has 1 aromatic heterocycles. The maximum atomic E-state index is 12.6. The Hall–Kier alpha value is -2.53. The molecule has 1 heterocycles. The van der Waals surface area contributed by atoms with Gasteiger partial charge in [0.2, 0.25) is 5.88 Å². The Kier molecular flexibility index (Phi) is 4.06. The standard InChI is InChI=1S/C8H3F5N2O5/c9-5(10)4-3(15(18)19)1-2(7(16)17)14-6(4)20-8(11,12)13/h1,5H,(H,16,17). The van der Waals surface area contributed by atoms with Gasteiger partial charge < -0.3 is 9.84 Å². The lowest BCUT2D eigenvalue weighted by atomic mass is 10.2. The molecule has 7 nitrogen and oxygen atoms in total. The first-order chi connectivity index (χ1) is 9.03. The minimum absolute atomic E-state index is 0.118. The van der Waals surface area contributed by atoms with Crippen LogP contribution in [0.1, 0.15) is 22.5 Å². The second-order valence-electron chi connectivity index (χ2n) is 3.16. The molecule has 110 valence electrons. The van der Waals surface area contributed by atoms with Crippen LogP contribution in [-0.4, -0.2) is 27.3 Å². The number of ether oxygens (including phenoxy) is 1. The third kappa shape index (κ3) is 3.49. The van der Waals surface area contributed by atoms with Gasteiger partial charge >= 0.3 is 12.3 Å². The molecule has 0 bridgehead atoms. The summed E-state index contributed by atoms with van der Waals surface area (Å²) >= 11 is 0. The number of aromatic carboxylic acids is 1. The van der Waals surface area contributed by atoms with Crippen molar-refractivity contribution in [2.45, 2.75) is 12.8 Å². The molecule has 0 aromatic carbocycles. The van der Waals surface area contributed by atoms with Crippen LogP contribution in [-0.2, 0) is 0 Å². The smallest absolute Gasteiger partial charge is 0.477 e. The van der Waals surface area contributed by atoms with Crippen LogP contribution < -0.4 is 4.74 Å². The molecule has 0 atom stereocenters. The van der Waals surface area contributed by atoms with Crippen molar-refractivity contribution in [1.29, 1.82) is 0 Å². The van der Waals surface area contributed by atoms with Gasteiger partial charge in [0.25, 0.3) is 12.1 Å². The summed E-state index contributed by atoms with van der Waals surface area (Å²) in [7, 11) is 0. The van der Waals surface area contributed by atoms with E-state index in [0.29, 0.717) is 0 Å². The van der Waals surface area contributed by atoms with Gasteiger partial charge in [0.15, 0.2) is 11.3 Å². The normalized spacial score (nSPS) is 11.5. The van der Waals surface area contributed by atoms with Crippen LogP contribution in [0, 0.1) is 10.1 Å². The molecular formula is C8H3F5N2O5. The number of aromatic nitrogens is 1. The van der Waals surface area contributed by atoms with E-state index in [-0.39, 0.29) is 6.07 Å². The fourth-order valence-corrected chi connectivity index (χ4v) is 1.17. The van der Waals surface area contributed by atoms with Crippen molar-refractivity contribution < 1.29 is 41.5 Å². The van der Waals surface area contributed by atoms with E-state index in [4.69, 9.17) is 5.11 Å². The van der Waals surface area contributed by atoms with E-state index in [1.807, 2.05) is 0 Å². The number of pyridine rings is 1. The minimum atomic E-state index is -5.47. The third-order valence-electron chi connectivity index (χ3n) is 1.85. The van der Waals surface area contributed by atoms with E-state index in [2.05, 4.69) is 9.72 Å². The van der Waals surface area contributed by atoms with Gasteiger partial charge in [0.05, 0.1) is 4.92 Å². The van der Waals surface area contributed by atoms with Gasteiger partial charge in [0, 0.05) is 6.07 Å². The lowest BCUT2D eigenvalue weighted by Crippen LogP contribution is -2.20. The molecule has 0 aliphatic carbocycles. The summed E-state index contributed by atoms with van der Waals surface area (Å²) in [4.78, 5) is 22.3. The summed E-state index contributed by atoms with van der Waals surface area (Å²) in [5.74, 6) is -3.82. The predicted octanol–water partition coefficient (Wildman–Crippen LogP) is 2.52. The summed E-state index contributed by atoms with van der Waals surface area (Å²) in [6.07, 6.45) is -9.19. The molecule has 0 fully saturated rings. The molecular weight excluding hydrogens is 299 g/mol. The first kappa shape index (κ1) is 15.5. The molecule has 0 saturated heterocycles. The number of halogens is 5. The average Bonchev–Trinajstić information content (AvgIpc) is 2.24. The third-order valence-corrected chi connectivity index (χ3v) is 1.85. The van der Waals surface area contributed by atoms with Gasteiger partial charge in [0.1, 0.15) is 0 Å². The van der Waals surface area contributed by atoms with Gasteiger partial charge in [-0.1, -0.05) is 0 Å². The van der Waals surface area contributed by atoms with Crippen molar-refractivity contribution in [3.8, 4) is 5.88 Å². The van der Waals surface area contributed by atoms with Crippen LogP contribution in [0.25, 0.3) is 0 Å². The van der Waals surface area contributed by atoms with Crippen LogP contribution in [0.5, 0.6) is 5.88 Å². The highest BCUT2D eigenvalue weighted by molar-refractivity contribution is 5.86. The van der Waals surface area contributed by atoms with E-state index < -0.39 is 46.5 Å². The Bertz CT molecular complexity index is 559. The zero-order valence-electron chi connectivity index (χ0n) is 9.02. The monoisotopic (exact) mass is 302 g/mol. The van der Waals surface area contributed by atoms with Crippen molar-refractivity contribution in [1.82, 2.24) is 4.98 Å². The van der Waals surface area contributed by atoms with Crippen LogP contribution in [0.15, 0.2) is 6.07 Å². The predicted molar refractivity (Wildman–Crippen MR) is 49.5 cm³/mol. The van der Waals surface area contributed by atoms with Crippen molar-refractivity contribution in [2.24, 2.45) is 0 Å². The van der Waals surface area contributed by atoms with Crippen molar-refractivity contribution in [2.75, 3.05) is 0 Å². The van der Waals surface area contributed by atoms with Gasteiger partial charge in [-0.05, 0) is 0 Å². The Morgan fingerprint density at radius 1 is 1.45 bits per heavy atom. The number of carboxylic acid groups (broad SMARTS) is 1. The lowest BCUT2D eigenvalue weighted by Gasteiger charge is -2.12. The number of carbonyl (C=O) groups is 1. The molecule has 0 radical (unpaired) electrons. The number of alkyl halides is 5. The molecule has 1 N–H and O–H groups in total. The second-order valence-corrected chi connectivity index (χ2v) is 3.16. The fourth-order valence-electron chi connectivity index (χ4n) is 1.17. The zero-order valence-corrected chi connectivity index (χ0v) is 9.02. The quantitative estimate of drug-likeness (QED) is 0.521. The number of hydrogen-bond acceptors (Lipinski definition) is 5. The highest BCUT2D eigenvalue weighted by Gasteiger charge is 2.38. The maximum Gasteiger partial charge on any atom is 0.574 e. The van der Waals surface area contributed by atoms with Gasteiger partial charge in [-0.15, -0.1) is 13.2 Å². The van der Waals surface area contributed by atoms with Crippen molar-refractivity contribution in [3.63, 3.8) is 0 Å². The Labute approximate surface area is 105 Å². The largest absolute Gasteiger partial charge is 0.574 e. The van der Waals surface area contributed by atoms with Gasteiger partial charge in [-0.25, -0.2) is 18.6 Å².